The fraction of sp³-hybridized carbons (Fsp3) is 0.318. The summed E-state index contributed by atoms with van der Waals surface area (Å²) in [4.78, 5) is 4.74. The van der Waals surface area contributed by atoms with Gasteiger partial charge >= 0.3 is 0 Å². The second kappa shape index (κ2) is 7.92. The molecule has 3 nitrogen and oxygen atoms in total. The SMILES string of the molecule is COc1ccc(Nc2nc(-c3ccc(C4CCCCC4)cc3)cs2)cc1. The standard InChI is InChI=1S/C22H24N2OS/c1-25-20-13-11-19(12-14-20)23-22-24-21(15-26-22)18-9-7-17(8-10-18)16-5-3-2-4-6-16/h7-16H,2-6H2,1H3,(H,23,24). The first-order chi connectivity index (χ1) is 12.8. The molecule has 0 unspecified atom stereocenters. The third-order valence-corrected chi connectivity index (χ3v) is 5.89. The summed E-state index contributed by atoms with van der Waals surface area (Å²) >= 11 is 1.63. The van der Waals surface area contributed by atoms with E-state index < -0.39 is 0 Å². The van der Waals surface area contributed by atoms with Gasteiger partial charge in [-0.25, -0.2) is 4.98 Å². The maximum atomic E-state index is 5.19. The molecule has 1 fully saturated rings. The average Bonchev–Trinajstić information content (AvgIpc) is 3.18. The predicted molar refractivity (Wildman–Crippen MR) is 110 cm³/mol. The first-order valence-electron chi connectivity index (χ1n) is 9.29. The summed E-state index contributed by atoms with van der Waals surface area (Å²) in [7, 11) is 1.68. The maximum Gasteiger partial charge on any atom is 0.187 e. The van der Waals surface area contributed by atoms with E-state index in [0.717, 1.165) is 28.2 Å². The molecule has 1 heterocycles. The van der Waals surface area contributed by atoms with Crippen molar-refractivity contribution in [1.82, 2.24) is 4.98 Å². The van der Waals surface area contributed by atoms with Gasteiger partial charge in [-0.05, 0) is 48.6 Å². The van der Waals surface area contributed by atoms with Crippen molar-refractivity contribution in [2.75, 3.05) is 12.4 Å². The van der Waals surface area contributed by atoms with Crippen LogP contribution in [0.15, 0.2) is 53.9 Å². The molecule has 1 aliphatic rings. The van der Waals surface area contributed by atoms with Crippen LogP contribution in [0.25, 0.3) is 11.3 Å². The number of anilines is 2. The summed E-state index contributed by atoms with van der Waals surface area (Å²) in [5, 5.41) is 6.38. The predicted octanol–water partition coefficient (Wildman–Crippen LogP) is 6.61. The van der Waals surface area contributed by atoms with E-state index in [0.29, 0.717) is 0 Å². The third kappa shape index (κ3) is 3.91. The average molecular weight is 365 g/mol. The Morgan fingerprint density at radius 3 is 2.38 bits per heavy atom. The van der Waals surface area contributed by atoms with Crippen molar-refractivity contribution in [2.24, 2.45) is 0 Å². The van der Waals surface area contributed by atoms with E-state index in [4.69, 9.17) is 9.72 Å². The second-order valence-corrected chi connectivity index (χ2v) is 7.71. The molecule has 1 N–H and O–H groups in total. The second-order valence-electron chi connectivity index (χ2n) is 6.85. The summed E-state index contributed by atoms with van der Waals surface area (Å²) in [5.74, 6) is 1.61. The lowest BCUT2D eigenvalue weighted by Gasteiger charge is -2.22. The summed E-state index contributed by atoms with van der Waals surface area (Å²) in [6.07, 6.45) is 6.83. The first kappa shape index (κ1) is 17.1. The highest BCUT2D eigenvalue weighted by Crippen LogP contribution is 2.34. The van der Waals surface area contributed by atoms with Gasteiger partial charge in [0.15, 0.2) is 5.13 Å². The highest BCUT2D eigenvalue weighted by molar-refractivity contribution is 7.14. The van der Waals surface area contributed by atoms with Gasteiger partial charge in [-0.15, -0.1) is 11.3 Å². The van der Waals surface area contributed by atoms with Crippen molar-refractivity contribution in [3.63, 3.8) is 0 Å². The highest BCUT2D eigenvalue weighted by Gasteiger charge is 2.15. The van der Waals surface area contributed by atoms with Gasteiger partial charge in [0.25, 0.3) is 0 Å². The van der Waals surface area contributed by atoms with E-state index in [1.807, 2.05) is 24.3 Å². The van der Waals surface area contributed by atoms with Gasteiger partial charge in [-0.3, -0.25) is 0 Å². The number of nitrogens with one attached hydrogen (secondary N) is 1. The van der Waals surface area contributed by atoms with Crippen LogP contribution in [0.4, 0.5) is 10.8 Å². The Labute approximate surface area is 159 Å². The summed E-state index contributed by atoms with van der Waals surface area (Å²) < 4.78 is 5.19. The van der Waals surface area contributed by atoms with Crippen molar-refractivity contribution in [3.05, 3.63) is 59.5 Å². The lowest BCUT2D eigenvalue weighted by molar-refractivity contribution is 0.415. The highest BCUT2D eigenvalue weighted by atomic mass is 32.1. The van der Waals surface area contributed by atoms with Gasteiger partial charge in [0.1, 0.15) is 5.75 Å². The Kier molecular flexibility index (Phi) is 5.21. The first-order valence-corrected chi connectivity index (χ1v) is 10.2. The Morgan fingerprint density at radius 1 is 0.962 bits per heavy atom. The minimum Gasteiger partial charge on any atom is -0.497 e. The van der Waals surface area contributed by atoms with Gasteiger partial charge in [-0.1, -0.05) is 43.5 Å². The smallest absolute Gasteiger partial charge is 0.187 e. The molecule has 1 aromatic heterocycles. The molecular weight excluding hydrogens is 340 g/mol. The zero-order valence-corrected chi connectivity index (χ0v) is 15.9. The number of hydrogen-bond donors (Lipinski definition) is 1. The van der Waals surface area contributed by atoms with Crippen LogP contribution in [0.2, 0.25) is 0 Å². The number of methoxy groups -OCH3 is 1. The number of ether oxygens (including phenoxy) is 1. The molecule has 26 heavy (non-hydrogen) atoms. The zero-order chi connectivity index (χ0) is 17.8. The van der Waals surface area contributed by atoms with Gasteiger partial charge in [-0.2, -0.15) is 0 Å². The molecule has 0 saturated heterocycles. The van der Waals surface area contributed by atoms with E-state index in [2.05, 4.69) is 35.0 Å². The van der Waals surface area contributed by atoms with Crippen molar-refractivity contribution in [2.45, 2.75) is 38.0 Å². The summed E-state index contributed by atoms with van der Waals surface area (Å²) in [6, 6.07) is 16.9. The molecular formula is C22H24N2OS. The van der Waals surface area contributed by atoms with Crippen LogP contribution in [0.1, 0.15) is 43.6 Å². The largest absolute Gasteiger partial charge is 0.497 e. The molecule has 3 aromatic rings. The third-order valence-electron chi connectivity index (χ3n) is 5.13. The van der Waals surface area contributed by atoms with Crippen molar-refractivity contribution >= 4 is 22.2 Å². The Morgan fingerprint density at radius 2 is 1.69 bits per heavy atom. The van der Waals surface area contributed by atoms with Gasteiger partial charge < -0.3 is 10.1 Å². The van der Waals surface area contributed by atoms with E-state index in [1.165, 1.54) is 43.2 Å². The fourth-order valence-electron chi connectivity index (χ4n) is 3.62. The monoisotopic (exact) mass is 364 g/mol. The van der Waals surface area contributed by atoms with Crippen LogP contribution in [-0.4, -0.2) is 12.1 Å². The lowest BCUT2D eigenvalue weighted by atomic mass is 9.84. The molecule has 4 heteroatoms. The zero-order valence-electron chi connectivity index (χ0n) is 15.1. The summed E-state index contributed by atoms with van der Waals surface area (Å²) in [5.41, 5.74) is 4.71. The normalized spacial score (nSPS) is 15.0. The van der Waals surface area contributed by atoms with Crippen LogP contribution in [0, 0.1) is 0 Å². The molecule has 2 aromatic carbocycles. The van der Waals surface area contributed by atoms with E-state index in [9.17, 15) is 0 Å². The molecule has 0 bridgehead atoms. The van der Waals surface area contributed by atoms with Crippen LogP contribution >= 0.6 is 11.3 Å². The van der Waals surface area contributed by atoms with Crippen LogP contribution in [-0.2, 0) is 0 Å². The van der Waals surface area contributed by atoms with Crippen LogP contribution < -0.4 is 10.1 Å². The molecule has 0 atom stereocenters. The molecule has 134 valence electrons. The molecule has 0 spiro atoms. The molecule has 1 saturated carbocycles. The van der Waals surface area contributed by atoms with Gasteiger partial charge in [0.05, 0.1) is 12.8 Å². The number of nitrogens with zero attached hydrogens (tertiary/aromatic N) is 1. The van der Waals surface area contributed by atoms with Gasteiger partial charge in [0, 0.05) is 16.6 Å². The van der Waals surface area contributed by atoms with Gasteiger partial charge in [0.2, 0.25) is 0 Å². The van der Waals surface area contributed by atoms with E-state index >= 15 is 0 Å². The number of hydrogen-bond acceptors (Lipinski definition) is 4. The molecule has 0 aliphatic heterocycles. The Hall–Kier alpha value is -2.33. The number of rotatable bonds is 5. The molecule has 1 aliphatic carbocycles. The summed E-state index contributed by atoms with van der Waals surface area (Å²) in [6.45, 7) is 0. The number of aromatic nitrogens is 1. The molecule has 0 amide bonds. The maximum absolute atomic E-state index is 5.19. The Bertz CT molecular complexity index is 833. The fourth-order valence-corrected chi connectivity index (χ4v) is 4.36. The van der Waals surface area contributed by atoms with Crippen molar-refractivity contribution in [3.8, 4) is 17.0 Å². The van der Waals surface area contributed by atoms with E-state index in [1.54, 1.807) is 18.4 Å². The lowest BCUT2D eigenvalue weighted by Crippen LogP contribution is -2.04. The van der Waals surface area contributed by atoms with Crippen LogP contribution in [0.3, 0.4) is 0 Å². The minimum absolute atomic E-state index is 0.750. The minimum atomic E-state index is 0.750. The topological polar surface area (TPSA) is 34.1 Å². The van der Waals surface area contributed by atoms with E-state index in [-0.39, 0.29) is 0 Å². The molecule has 0 radical (unpaired) electrons. The Balaban J connectivity index is 1.45. The van der Waals surface area contributed by atoms with Crippen molar-refractivity contribution < 1.29 is 4.74 Å². The number of thiazole rings is 1. The quantitative estimate of drug-likeness (QED) is 0.553. The number of benzene rings is 2. The van der Waals surface area contributed by atoms with Crippen LogP contribution in [0.5, 0.6) is 5.75 Å². The van der Waals surface area contributed by atoms with Crippen molar-refractivity contribution in [1.29, 1.82) is 0 Å². The molecule has 4 rings (SSSR count).